The van der Waals surface area contributed by atoms with Crippen LogP contribution in [0.3, 0.4) is 0 Å². The van der Waals surface area contributed by atoms with Gasteiger partial charge in [0.2, 0.25) is 5.91 Å². The molecule has 0 saturated heterocycles. The number of carbonyl (C=O) groups is 1. The molecule has 1 amide bonds. The van der Waals surface area contributed by atoms with Gasteiger partial charge in [0.25, 0.3) is 0 Å². The summed E-state index contributed by atoms with van der Waals surface area (Å²) < 4.78 is 5.71. The van der Waals surface area contributed by atoms with Crippen molar-refractivity contribution in [3.63, 3.8) is 0 Å². The van der Waals surface area contributed by atoms with Gasteiger partial charge in [0.15, 0.2) is 0 Å². The number of rotatable bonds is 10. The Morgan fingerprint density at radius 3 is 2.29 bits per heavy atom. The van der Waals surface area contributed by atoms with Crippen molar-refractivity contribution >= 4 is 11.6 Å². The van der Waals surface area contributed by atoms with E-state index in [9.17, 15) is 4.79 Å². The first-order chi connectivity index (χ1) is 11.7. The molecule has 0 atom stereocenters. The number of benzene rings is 2. The first-order valence-corrected chi connectivity index (χ1v) is 8.50. The van der Waals surface area contributed by atoms with E-state index in [1.54, 1.807) is 0 Å². The van der Waals surface area contributed by atoms with E-state index in [0.29, 0.717) is 0 Å². The second-order valence-electron chi connectivity index (χ2n) is 5.89. The van der Waals surface area contributed by atoms with Gasteiger partial charge in [-0.3, -0.25) is 4.79 Å². The second-order valence-corrected chi connectivity index (χ2v) is 5.89. The molecule has 128 valence electrons. The number of hydrogen-bond donors (Lipinski definition) is 2. The molecule has 4 heteroatoms. The highest BCUT2D eigenvalue weighted by atomic mass is 16.5. The van der Waals surface area contributed by atoms with Crippen molar-refractivity contribution < 1.29 is 9.53 Å². The number of amides is 1. The van der Waals surface area contributed by atoms with Crippen molar-refractivity contribution in [3.8, 4) is 5.75 Å². The smallest absolute Gasteiger partial charge is 0.221 e. The van der Waals surface area contributed by atoms with Crippen molar-refractivity contribution in [1.29, 1.82) is 0 Å². The average molecular weight is 326 g/mol. The molecule has 24 heavy (non-hydrogen) atoms. The van der Waals surface area contributed by atoms with E-state index in [1.807, 2.05) is 36.4 Å². The van der Waals surface area contributed by atoms with Crippen LogP contribution in [0.1, 0.15) is 37.3 Å². The predicted molar refractivity (Wildman–Crippen MR) is 98.1 cm³/mol. The Kier molecular flexibility index (Phi) is 7.15. The minimum atomic E-state index is -0.312. The fraction of sp³-hybridized carbons (Fsp3) is 0.350. The second kappa shape index (κ2) is 9.60. The summed E-state index contributed by atoms with van der Waals surface area (Å²) >= 11 is 0. The average Bonchev–Trinajstić information content (AvgIpc) is 2.59. The molecule has 0 unspecified atom stereocenters. The van der Waals surface area contributed by atoms with Crippen LogP contribution in [0, 0.1) is 0 Å². The number of nitrogens with one attached hydrogen (secondary N) is 1. The minimum Gasteiger partial charge on any atom is -0.494 e. The third-order valence-electron chi connectivity index (χ3n) is 3.77. The van der Waals surface area contributed by atoms with Crippen molar-refractivity contribution in [3.05, 3.63) is 59.7 Å². The fourth-order valence-electron chi connectivity index (χ4n) is 2.39. The quantitative estimate of drug-likeness (QED) is 0.651. The summed E-state index contributed by atoms with van der Waals surface area (Å²) in [5.41, 5.74) is 8.33. The maximum absolute atomic E-state index is 10.9. The number of carbonyl (C=O) groups excluding carboxylic acids is 1. The van der Waals surface area contributed by atoms with Gasteiger partial charge in [-0.15, -0.1) is 0 Å². The number of anilines is 1. The van der Waals surface area contributed by atoms with Gasteiger partial charge in [-0.2, -0.15) is 0 Å². The molecule has 0 aliphatic rings. The molecule has 0 fully saturated rings. The molecule has 0 saturated carbocycles. The summed E-state index contributed by atoms with van der Waals surface area (Å²) in [4.78, 5) is 10.9. The van der Waals surface area contributed by atoms with Crippen LogP contribution in [-0.4, -0.2) is 12.5 Å². The topological polar surface area (TPSA) is 64.3 Å². The molecule has 4 nitrogen and oxygen atoms in total. The molecule has 0 heterocycles. The van der Waals surface area contributed by atoms with Gasteiger partial charge in [0.1, 0.15) is 5.75 Å². The van der Waals surface area contributed by atoms with Crippen molar-refractivity contribution in [2.45, 2.75) is 39.2 Å². The number of nitrogens with two attached hydrogens (primary N) is 1. The summed E-state index contributed by atoms with van der Waals surface area (Å²) in [5.74, 6) is 0.610. The summed E-state index contributed by atoms with van der Waals surface area (Å²) in [5, 5.41) is 3.36. The zero-order chi connectivity index (χ0) is 17.2. The first-order valence-electron chi connectivity index (χ1n) is 8.50. The van der Waals surface area contributed by atoms with Gasteiger partial charge >= 0.3 is 0 Å². The number of unbranched alkanes of at least 4 members (excludes halogenated alkanes) is 2. The molecule has 0 aromatic heterocycles. The van der Waals surface area contributed by atoms with E-state index in [1.165, 1.54) is 18.4 Å². The Bertz CT molecular complexity index is 621. The van der Waals surface area contributed by atoms with Gasteiger partial charge in [-0.25, -0.2) is 0 Å². The Morgan fingerprint density at radius 2 is 1.67 bits per heavy atom. The number of ether oxygens (including phenoxy) is 1. The van der Waals surface area contributed by atoms with Crippen LogP contribution < -0.4 is 15.8 Å². The Balaban J connectivity index is 1.78. The summed E-state index contributed by atoms with van der Waals surface area (Å²) in [7, 11) is 0. The molecular weight excluding hydrogens is 300 g/mol. The van der Waals surface area contributed by atoms with E-state index in [4.69, 9.17) is 10.5 Å². The summed E-state index contributed by atoms with van der Waals surface area (Å²) in [6, 6.07) is 15.9. The van der Waals surface area contributed by atoms with Gasteiger partial charge in [0, 0.05) is 12.2 Å². The summed E-state index contributed by atoms with van der Waals surface area (Å²) in [6.45, 7) is 3.71. The Morgan fingerprint density at radius 1 is 1.00 bits per heavy atom. The first kappa shape index (κ1) is 17.9. The molecule has 0 aliphatic heterocycles. The summed E-state index contributed by atoms with van der Waals surface area (Å²) in [6.07, 6.45) is 3.79. The minimum absolute atomic E-state index is 0.278. The zero-order valence-corrected chi connectivity index (χ0v) is 14.3. The largest absolute Gasteiger partial charge is 0.494 e. The molecule has 0 spiro atoms. The number of primary amides is 1. The molecule has 2 aromatic carbocycles. The van der Waals surface area contributed by atoms with Crippen LogP contribution in [0.2, 0.25) is 0 Å². The van der Waals surface area contributed by atoms with Crippen LogP contribution in [0.4, 0.5) is 5.69 Å². The maximum atomic E-state index is 10.9. The monoisotopic (exact) mass is 326 g/mol. The molecule has 2 aromatic rings. The zero-order valence-electron chi connectivity index (χ0n) is 14.3. The van der Waals surface area contributed by atoms with Gasteiger partial charge in [0.05, 0.1) is 13.0 Å². The third kappa shape index (κ3) is 6.32. The normalized spacial score (nSPS) is 10.4. The van der Waals surface area contributed by atoms with Gasteiger partial charge in [-0.1, -0.05) is 44.0 Å². The molecule has 2 rings (SSSR count). The van der Waals surface area contributed by atoms with Crippen LogP contribution in [0.5, 0.6) is 5.75 Å². The lowest BCUT2D eigenvalue weighted by molar-refractivity contribution is -0.117. The van der Waals surface area contributed by atoms with Crippen LogP contribution in [0.25, 0.3) is 0 Å². The van der Waals surface area contributed by atoms with E-state index in [2.05, 4.69) is 24.4 Å². The highest BCUT2D eigenvalue weighted by Crippen LogP contribution is 2.15. The van der Waals surface area contributed by atoms with Crippen LogP contribution >= 0.6 is 0 Å². The third-order valence-corrected chi connectivity index (χ3v) is 3.77. The predicted octanol–water partition coefficient (Wildman–Crippen LogP) is 3.90. The van der Waals surface area contributed by atoms with E-state index in [-0.39, 0.29) is 12.3 Å². The number of hydrogen-bond acceptors (Lipinski definition) is 3. The van der Waals surface area contributed by atoms with Gasteiger partial charge < -0.3 is 15.8 Å². The highest BCUT2D eigenvalue weighted by Gasteiger charge is 2.00. The molecule has 0 radical (unpaired) electrons. The lowest BCUT2D eigenvalue weighted by atomic mass is 10.1. The van der Waals surface area contributed by atoms with E-state index < -0.39 is 0 Å². The maximum Gasteiger partial charge on any atom is 0.221 e. The SMILES string of the molecule is CCCCCOc1ccc(CNc2ccc(CC(N)=O)cc2)cc1. The molecule has 0 aliphatic carbocycles. The van der Waals surface area contributed by atoms with Crippen molar-refractivity contribution in [1.82, 2.24) is 0 Å². The van der Waals surface area contributed by atoms with Gasteiger partial charge in [-0.05, 0) is 41.8 Å². The molecule has 3 N–H and O–H groups in total. The molecule has 0 bridgehead atoms. The highest BCUT2D eigenvalue weighted by molar-refractivity contribution is 5.76. The Hall–Kier alpha value is -2.49. The standard InChI is InChI=1S/C20H26N2O2/c1-2-3-4-13-24-19-11-7-17(8-12-19)15-22-18-9-5-16(6-10-18)14-20(21)23/h5-12,22H,2-4,13-15H2,1H3,(H2,21,23). The van der Waals surface area contributed by atoms with Crippen molar-refractivity contribution in [2.24, 2.45) is 5.73 Å². The van der Waals surface area contributed by atoms with E-state index >= 15 is 0 Å². The van der Waals surface area contributed by atoms with E-state index in [0.717, 1.165) is 36.6 Å². The Labute approximate surface area is 144 Å². The van der Waals surface area contributed by atoms with Crippen LogP contribution in [0.15, 0.2) is 48.5 Å². The molecular formula is C20H26N2O2. The lowest BCUT2D eigenvalue weighted by Crippen LogP contribution is -2.13. The fourth-order valence-corrected chi connectivity index (χ4v) is 2.39. The lowest BCUT2D eigenvalue weighted by Gasteiger charge is -2.09. The van der Waals surface area contributed by atoms with Crippen LogP contribution in [-0.2, 0) is 17.8 Å². The van der Waals surface area contributed by atoms with Crippen molar-refractivity contribution in [2.75, 3.05) is 11.9 Å².